The Hall–Kier alpha value is -2.25. The Balaban J connectivity index is 2.37. The molecule has 0 fully saturated rings. The zero-order valence-electron chi connectivity index (χ0n) is 11.7. The van der Waals surface area contributed by atoms with Gasteiger partial charge in [-0.3, -0.25) is 0 Å². The Morgan fingerprint density at radius 2 is 1.82 bits per heavy atom. The van der Waals surface area contributed by atoms with Gasteiger partial charge in [0.1, 0.15) is 10.7 Å². The summed E-state index contributed by atoms with van der Waals surface area (Å²) in [7, 11) is -2.81. The number of halogens is 1. The summed E-state index contributed by atoms with van der Waals surface area (Å²) in [6, 6.07) is 11.5. The van der Waals surface area contributed by atoms with Gasteiger partial charge in [-0.05, 0) is 23.8 Å². The summed E-state index contributed by atoms with van der Waals surface area (Å²) in [5, 5.41) is 8.91. The van der Waals surface area contributed by atoms with Crippen LogP contribution in [0.5, 0.6) is 0 Å². The van der Waals surface area contributed by atoms with Crippen molar-refractivity contribution in [3.63, 3.8) is 0 Å². The first-order valence-electron chi connectivity index (χ1n) is 6.35. The molecule has 22 heavy (non-hydrogen) atoms. The number of hydrogen-bond donors (Lipinski definition) is 1. The molecule has 1 N–H and O–H groups in total. The molecule has 0 saturated carbocycles. The fraction of sp³-hybridized carbons (Fsp3) is 0.133. The molecule has 0 aliphatic carbocycles. The van der Waals surface area contributed by atoms with Crippen molar-refractivity contribution in [2.75, 3.05) is 7.05 Å². The number of carboxylic acid groups (broad SMARTS) is 1. The highest BCUT2D eigenvalue weighted by Gasteiger charge is 2.25. The fourth-order valence-corrected chi connectivity index (χ4v) is 3.17. The molecule has 0 amide bonds. The van der Waals surface area contributed by atoms with Gasteiger partial charge in [0.2, 0.25) is 10.0 Å². The van der Waals surface area contributed by atoms with Gasteiger partial charge in [0.15, 0.2) is 0 Å². The van der Waals surface area contributed by atoms with Gasteiger partial charge in [0, 0.05) is 13.6 Å². The third-order valence-electron chi connectivity index (χ3n) is 3.11. The van der Waals surface area contributed by atoms with Crippen LogP contribution >= 0.6 is 0 Å². The van der Waals surface area contributed by atoms with Crippen LogP contribution in [-0.4, -0.2) is 30.8 Å². The molecule has 0 heterocycles. The lowest BCUT2D eigenvalue weighted by molar-refractivity contribution is 0.0696. The van der Waals surface area contributed by atoms with Crippen LogP contribution in [0, 0.1) is 5.82 Å². The molecule has 5 nitrogen and oxygen atoms in total. The van der Waals surface area contributed by atoms with E-state index >= 15 is 0 Å². The summed E-state index contributed by atoms with van der Waals surface area (Å²) in [4.78, 5) is 10.3. The topological polar surface area (TPSA) is 74.7 Å². The number of carboxylic acids is 1. The first kappa shape index (κ1) is 16.1. The summed E-state index contributed by atoms with van der Waals surface area (Å²) < 4.78 is 39.7. The maximum Gasteiger partial charge on any atom is 0.335 e. The molecule has 0 unspecified atom stereocenters. The second kappa shape index (κ2) is 6.25. The van der Waals surface area contributed by atoms with Crippen LogP contribution in [0.3, 0.4) is 0 Å². The minimum absolute atomic E-state index is 0.0555. The maximum absolute atomic E-state index is 13.8. The molecular formula is C15H14FNO4S. The molecule has 116 valence electrons. The summed E-state index contributed by atoms with van der Waals surface area (Å²) in [5.41, 5.74) is 0.455. The van der Waals surface area contributed by atoms with E-state index in [0.29, 0.717) is 0 Å². The SMILES string of the molecule is CN(Cc1ccccc1)S(=O)(=O)c1cc(C(=O)O)ccc1F. The van der Waals surface area contributed by atoms with E-state index in [1.165, 1.54) is 7.05 Å². The Kier molecular flexibility index (Phi) is 4.58. The van der Waals surface area contributed by atoms with E-state index in [0.717, 1.165) is 28.1 Å². The van der Waals surface area contributed by atoms with Crippen molar-refractivity contribution >= 4 is 16.0 Å². The highest BCUT2D eigenvalue weighted by molar-refractivity contribution is 7.89. The van der Waals surface area contributed by atoms with Crippen LogP contribution in [0.4, 0.5) is 4.39 Å². The van der Waals surface area contributed by atoms with Crippen molar-refractivity contribution in [3.8, 4) is 0 Å². The van der Waals surface area contributed by atoms with Crippen molar-refractivity contribution in [3.05, 3.63) is 65.5 Å². The molecular weight excluding hydrogens is 309 g/mol. The molecule has 7 heteroatoms. The number of hydrogen-bond acceptors (Lipinski definition) is 3. The minimum Gasteiger partial charge on any atom is -0.478 e. The first-order valence-corrected chi connectivity index (χ1v) is 7.79. The predicted molar refractivity (Wildman–Crippen MR) is 78.5 cm³/mol. The number of benzene rings is 2. The molecule has 0 atom stereocenters. The lowest BCUT2D eigenvalue weighted by atomic mass is 10.2. The van der Waals surface area contributed by atoms with E-state index in [1.807, 2.05) is 0 Å². The number of aromatic carboxylic acids is 1. The Bertz CT molecular complexity index is 790. The normalized spacial score (nSPS) is 11.6. The summed E-state index contributed by atoms with van der Waals surface area (Å²) >= 11 is 0. The summed E-state index contributed by atoms with van der Waals surface area (Å²) in [6.45, 7) is 0.0555. The molecule has 0 aliphatic rings. The largest absolute Gasteiger partial charge is 0.478 e. The third kappa shape index (κ3) is 3.32. The molecule has 2 rings (SSSR count). The Morgan fingerprint density at radius 3 is 2.41 bits per heavy atom. The van der Waals surface area contributed by atoms with E-state index in [1.54, 1.807) is 30.3 Å². The monoisotopic (exact) mass is 323 g/mol. The number of nitrogens with zero attached hydrogens (tertiary/aromatic N) is 1. The van der Waals surface area contributed by atoms with Crippen molar-refractivity contribution < 1.29 is 22.7 Å². The van der Waals surface area contributed by atoms with Crippen molar-refractivity contribution in [1.82, 2.24) is 4.31 Å². The average molecular weight is 323 g/mol. The third-order valence-corrected chi connectivity index (χ3v) is 4.93. The summed E-state index contributed by atoms with van der Waals surface area (Å²) in [5.74, 6) is -2.30. The van der Waals surface area contributed by atoms with E-state index in [4.69, 9.17) is 5.11 Å². The quantitative estimate of drug-likeness (QED) is 0.916. The van der Waals surface area contributed by atoms with Crippen LogP contribution in [0.15, 0.2) is 53.4 Å². The van der Waals surface area contributed by atoms with Crippen LogP contribution in [0.1, 0.15) is 15.9 Å². The van der Waals surface area contributed by atoms with Gasteiger partial charge < -0.3 is 5.11 Å². The Labute approximate surface area is 127 Å². The zero-order chi connectivity index (χ0) is 16.3. The van der Waals surface area contributed by atoms with E-state index in [2.05, 4.69) is 0 Å². The van der Waals surface area contributed by atoms with Crippen molar-refractivity contribution in [2.24, 2.45) is 0 Å². The highest BCUT2D eigenvalue weighted by Crippen LogP contribution is 2.21. The van der Waals surface area contributed by atoms with Crippen LogP contribution < -0.4 is 0 Å². The van der Waals surface area contributed by atoms with Crippen molar-refractivity contribution in [2.45, 2.75) is 11.4 Å². The smallest absolute Gasteiger partial charge is 0.335 e. The molecule has 2 aromatic carbocycles. The van der Waals surface area contributed by atoms with E-state index in [-0.39, 0.29) is 12.1 Å². The Morgan fingerprint density at radius 1 is 1.18 bits per heavy atom. The van der Waals surface area contributed by atoms with Crippen LogP contribution in [-0.2, 0) is 16.6 Å². The molecule has 2 aromatic rings. The molecule has 0 bridgehead atoms. The van der Waals surface area contributed by atoms with Crippen molar-refractivity contribution in [1.29, 1.82) is 0 Å². The minimum atomic E-state index is -4.13. The molecule has 0 saturated heterocycles. The van der Waals surface area contributed by atoms with Gasteiger partial charge in [-0.2, -0.15) is 4.31 Å². The summed E-state index contributed by atoms with van der Waals surface area (Å²) in [6.07, 6.45) is 0. The lowest BCUT2D eigenvalue weighted by Crippen LogP contribution is -2.27. The standard InChI is InChI=1S/C15H14FNO4S/c1-17(10-11-5-3-2-4-6-11)22(20,21)14-9-12(15(18)19)7-8-13(14)16/h2-9H,10H2,1H3,(H,18,19). The fourth-order valence-electron chi connectivity index (χ4n) is 1.93. The maximum atomic E-state index is 13.8. The van der Waals surface area contributed by atoms with Gasteiger partial charge >= 0.3 is 5.97 Å². The molecule has 0 aromatic heterocycles. The molecule has 0 aliphatic heterocycles. The van der Waals surface area contributed by atoms with Crippen LogP contribution in [0.2, 0.25) is 0 Å². The van der Waals surface area contributed by atoms with Gasteiger partial charge in [-0.15, -0.1) is 0 Å². The average Bonchev–Trinajstić information content (AvgIpc) is 2.48. The van der Waals surface area contributed by atoms with Gasteiger partial charge in [-0.25, -0.2) is 17.6 Å². The van der Waals surface area contributed by atoms with Gasteiger partial charge in [0.25, 0.3) is 0 Å². The molecule has 0 spiro atoms. The second-order valence-electron chi connectivity index (χ2n) is 4.70. The lowest BCUT2D eigenvalue weighted by Gasteiger charge is -2.18. The van der Waals surface area contributed by atoms with Gasteiger partial charge in [-0.1, -0.05) is 30.3 Å². The zero-order valence-corrected chi connectivity index (χ0v) is 12.5. The highest BCUT2D eigenvalue weighted by atomic mass is 32.2. The first-order chi connectivity index (χ1) is 10.3. The molecule has 0 radical (unpaired) electrons. The number of rotatable bonds is 5. The van der Waals surface area contributed by atoms with E-state index in [9.17, 15) is 17.6 Å². The van der Waals surface area contributed by atoms with E-state index < -0.39 is 26.7 Å². The second-order valence-corrected chi connectivity index (χ2v) is 6.71. The number of carbonyl (C=O) groups is 1. The number of sulfonamides is 1. The predicted octanol–water partition coefficient (Wildman–Crippen LogP) is 2.34. The van der Waals surface area contributed by atoms with Crippen LogP contribution in [0.25, 0.3) is 0 Å². The van der Waals surface area contributed by atoms with Gasteiger partial charge in [0.05, 0.1) is 5.56 Å².